The Labute approximate surface area is 101 Å². The fourth-order valence-electron chi connectivity index (χ4n) is 2.33. The van der Waals surface area contributed by atoms with E-state index < -0.39 is 0 Å². The third kappa shape index (κ3) is 4.84. The Morgan fingerprint density at radius 2 is 1.94 bits per heavy atom. The molecule has 1 rings (SSSR count). The molecule has 2 nitrogen and oxygen atoms in total. The van der Waals surface area contributed by atoms with Crippen molar-refractivity contribution in [2.24, 2.45) is 5.92 Å². The van der Waals surface area contributed by atoms with Crippen LogP contribution < -0.4 is 5.32 Å². The van der Waals surface area contributed by atoms with Crippen LogP contribution >= 0.6 is 0 Å². The highest BCUT2D eigenvalue weighted by Gasteiger charge is 2.36. The number of hydrogen-bond donors (Lipinski definition) is 1. The second kappa shape index (κ2) is 8.08. The molecule has 96 valence electrons. The predicted octanol–water partition coefficient (Wildman–Crippen LogP) is 3.36. The topological polar surface area (TPSA) is 21.3 Å². The van der Waals surface area contributed by atoms with E-state index in [4.69, 9.17) is 4.74 Å². The van der Waals surface area contributed by atoms with E-state index >= 15 is 0 Å². The minimum absolute atomic E-state index is 0.475. The first kappa shape index (κ1) is 14.0. The maximum Gasteiger partial charge on any atom is 0.0755 e. The lowest BCUT2D eigenvalue weighted by atomic mass is 10.00. The molecule has 0 spiro atoms. The van der Waals surface area contributed by atoms with Gasteiger partial charge < -0.3 is 10.1 Å². The van der Waals surface area contributed by atoms with Gasteiger partial charge in [-0.3, -0.25) is 0 Å². The molecule has 1 aliphatic rings. The molecule has 16 heavy (non-hydrogen) atoms. The molecule has 0 saturated heterocycles. The summed E-state index contributed by atoms with van der Waals surface area (Å²) >= 11 is 0. The normalized spacial score (nSPS) is 19.7. The minimum Gasteiger partial charge on any atom is -0.377 e. The van der Waals surface area contributed by atoms with Crippen LogP contribution in [0, 0.1) is 5.92 Å². The van der Waals surface area contributed by atoms with Gasteiger partial charge in [0.05, 0.1) is 6.10 Å². The first-order chi connectivity index (χ1) is 7.83. The second-order valence-corrected chi connectivity index (χ2v) is 4.96. The van der Waals surface area contributed by atoms with Crippen molar-refractivity contribution in [3.63, 3.8) is 0 Å². The van der Waals surface area contributed by atoms with E-state index in [1.807, 2.05) is 0 Å². The maximum absolute atomic E-state index is 5.96. The van der Waals surface area contributed by atoms with Gasteiger partial charge in [0, 0.05) is 12.6 Å². The van der Waals surface area contributed by atoms with E-state index in [9.17, 15) is 0 Å². The molecule has 1 aliphatic carbocycles. The van der Waals surface area contributed by atoms with E-state index in [0.717, 1.165) is 19.1 Å². The Morgan fingerprint density at radius 1 is 1.19 bits per heavy atom. The van der Waals surface area contributed by atoms with Gasteiger partial charge in [0.1, 0.15) is 0 Å². The quantitative estimate of drug-likeness (QED) is 0.618. The van der Waals surface area contributed by atoms with Crippen molar-refractivity contribution in [1.29, 1.82) is 0 Å². The van der Waals surface area contributed by atoms with Crippen molar-refractivity contribution in [3.8, 4) is 0 Å². The van der Waals surface area contributed by atoms with Crippen molar-refractivity contribution in [2.75, 3.05) is 13.2 Å². The van der Waals surface area contributed by atoms with Crippen LogP contribution in [0.15, 0.2) is 0 Å². The van der Waals surface area contributed by atoms with E-state index in [1.165, 1.54) is 38.5 Å². The molecule has 2 heteroatoms. The smallest absolute Gasteiger partial charge is 0.0755 e. The predicted molar refractivity (Wildman–Crippen MR) is 69.7 cm³/mol. The van der Waals surface area contributed by atoms with Gasteiger partial charge in [-0.1, -0.05) is 26.7 Å². The van der Waals surface area contributed by atoms with E-state index in [1.54, 1.807) is 0 Å². The van der Waals surface area contributed by atoms with E-state index in [2.05, 4.69) is 26.1 Å². The number of nitrogens with one attached hydrogen (secondary N) is 1. The van der Waals surface area contributed by atoms with Crippen LogP contribution in [0.3, 0.4) is 0 Å². The summed E-state index contributed by atoms with van der Waals surface area (Å²) in [5.41, 5.74) is 0. The molecule has 0 amide bonds. The first-order valence-corrected chi connectivity index (χ1v) is 7.18. The molecule has 0 aromatic heterocycles. The summed E-state index contributed by atoms with van der Waals surface area (Å²) in [7, 11) is 0. The second-order valence-electron chi connectivity index (χ2n) is 4.96. The Balaban J connectivity index is 2.41. The standard InChI is InChI=1S/C14H29NO/c1-4-7-8-13(15-11-5-2)14(16-6-3)12-9-10-12/h12-15H,4-11H2,1-3H3. The van der Waals surface area contributed by atoms with Gasteiger partial charge in [0.25, 0.3) is 0 Å². The van der Waals surface area contributed by atoms with Crippen molar-refractivity contribution >= 4 is 0 Å². The van der Waals surface area contributed by atoms with Crippen LogP contribution in [-0.4, -0.2) is 25.3 Å². The van der Waals surface area contributed by atoms with Crippen LogP contribution in [-0.2, 0) is 4.74 Å². The molecular formula is C14H29NO. The van der Waals surface area contributed by atoms with Gasteiger partial charge in [-0.05, 0) is 45.1 Å². The summed E-state index contributed by atoms with van der Waals surface area (Å²) in [4.78, 5) is 0. The molecule has 1 fully saturated rings. The lowest BCUT2D eigenvalue weighted by Gasteiger charge is -2.28. The molecule has 2 unspecified atom stereocenters. The highest BCUT2D eigenvalue weighted by atomic mass is 16.5. The lowest BCUT2D eigenvalue weighted by molar-refractivity contribution is 0.0165. The summed E-state index contributed by atoms with van der Waals surface area (Å²) in [6, 6.07) is 0.590. The number of hydrogen-bond acceptors (Lipinski definition) is 2. The average molecular weight is 227 g/mol. The number of unbranched alkanes of at least 4 members (excludes halogenated alkanes) is 1. The van der Waals surface area contributed by atoms with Gasteiger partial charge >= 0.3 is 0 Å². The SMILES string of the molecule is CCCCC(NCCC)C(OCC)C1CC1. The molecule has 0 heterocycles. The van der Waals surface area contributed by atoms with Crippen LogP contribution in [0.5, 0.6) is 0 Å². The first-order valence-electron chi connectivity index (χ1n) is 7.18. The largest absolute Gasteiger partial charge is 0.377 e. The van der Waals surface area contributed by atoms with Crippen LogP contribution in [0.25, 0.3) is 0 Å². The van der Waals surface area contributed by atoms with Crippen molar-refractivity contribution < 1.29 is 4.74 Å². The summed E-state index contributed by atoms with van der Waals surface area (Å²) < 4.78 is 5.96. The van der Waals surface area contributed by atoms with Gasteiger partial charge in [-0.2, -0.15) is 0 Å². The maximum atomic E-state index is 5.96. The Bertz CT molecular complexity index is 160. The van der Waals surface area contributed by atoms with E-state index in [-0.39, 0.29) is 0 Å². The molecule has 2 atom stereocenters. The summed E-state index contributed by atoms with van der Waals surface area (Å²) in [6.07, 6.45) is 8.32. The summed E-state index contributed by atoms with van der Waals surface area (Å²) in [5.74, 6) is 0.839. The molecular weight excluding hydrogens is 198 g/mol. The zero-order valence-corrected chi connectivity index (χ0v) is 11.3. The van der Waals surface area contributed by atoms with Crippen molar-refractivity contribution in [2.45, 2.75) is 71.4 Å². The molecule has 0 aromatic rings. The number of rotatable bonds is 10. The highest BCUT2D eigenvalue weighted by molar-refractivity contribution is 4.90. The number of ether oxygens (including phenoxy) is 1. The van der Waals surface area contributed by atoms with Crippen molar-refractivity contribution in [3.05, 3.63) is 0 Å². The summed E-state index contributed by atoms with van der Waals surface area (Å²) in [6.45, 7) is 8.61. The molecule has 0 radical (unpaired) electrons. The third-order valence-corrected chi connectivity index (χ3v) is 3.37. The Hall–Kier alpha value is -0.0800. The lowest BCUT2D eigenvalue weighted by Crippen LogP contribution is -2.43. The third-order valence-electron chi connectivity index (χ3n) is 3.37. The van der Waals surface area contributed by atoms with Crippen molar-refractivity contribution in [1.82, 2.24) is 5.32 Å². The molecule has 0 aliphatic heterocycles. The van der Waals surface area contributed by atoms with Gasteiger partial charge in [0.2, 0.25) is 0 Å². The molecule has 0 aromatic carbocycles. The minimum atomic E-state index is 0.475. The fourth-order valence-corrected chi connectivity index (χ4v) is 2.33. The molecule has 0 bridgehead atoms. The zero-order valence-electron chi connectivity index (χ0n) is 11.3. The monoisotopic (exact) mass is 227 g/mol. The Kier molecular flexibility index (Phi) is 7.06. The van der Waals surface area contributed by atoms with Crippen LogP contribution in [0.2, 0.25) is 0 Å². The fraction of sp³-hybridized carbons (Fsp3) is 1.00. The molecule has 1 N–H and O–H groups in total. The average Bonchev–Trinajstić information content (AvgIpc) is 3.11. The van der Waals surface area contributed by atoms with Crippen LogP contribution in [0.1, 0.15) is 59.3 Å². The van der Waals surface area contributed by atoms with Gasteiger partial charge in [0.15, 0.2) is 0 Å². The summed E-state index contributed by atoms with van der Waals surface area (Å²) in [5, 5.41) is 3.69. The van der Waals surface area contributed by atoms with E-state index in [0.29, 0.717) is 12.1 Å². The van der Waals surface area contributed by atoms with Crippen LogP contribution in [0.4, 0.5) is 0 Å². The highest BCUT2D eigenvalue weighted by Crippen LogP contribution is 2.36. The Morgan fingerprint density at radius 3 is 2.44 bits per heavy atom. The zero-order chi connectivity index (χ0) is 11.8. The molecule has 1 saturated carbocycles. The van der Waals surface area contributed by atoms with Gasteiger partial charge in [-0.15, -0.1) is 0 Å². The van der Waals surface area contributed by atoms with Gasteiger partial charge in [-0.25, -0.2) is 0 Å².